The summed E-state index contributed by atoms with van der Waals surface area (Å²) in [7, 11) is 0. The summed E-state index contributed by atoms with van der Waals surface area (Å²) in [4.78, 5) is 1.98. The van der Waals surface area contributed by atoms with E-state index in [0.717, 1.165) is 26.2 Å². The summed E-state index contributed by atoms with van der Waals surface area (Å²) in [5.41, 5.74) is 0.589. The Kier molecular flexibility index (Phi) is 2.54. The van der Waals surface area contributed by atoms with Crippen LogP contribution in [0.15, 0.2) is 18.2 Å². The van der Waals surface area contributed by atoms with Gasteiger partial charge in [-0.15, -0.1) is 0 Å². The van der Waals surface area contributed by atoms with E-state index < -0.39 is 5.82 Å². The summed E-state index contributed by atoms with van der Waals surface area (Å²) in [5, 5.41) is 12.7. The molecule has 1 heterocycles. The van der Waals surface area contributed by atoms with Crippen LogP contribution in [0.25, 0.3) is 0 Å². The molecule has 0 unspecified atom stereocenters. The average Bonchev–Trinajstić information content (AvgIpc) is 2.23. The van der Waals surface area contributed by atoms with Crippen LogP contribution in [0.5, 0.6) is 5.75 Å². The highest BCUT2D eigenvalue weighted by atomic mass is 19.1. The fourth-order valence-electron chi connectivity index (χ4n) is 1.66. The molecule has 76 valence electrons. The maximum Gasteiger partial charge on any atom is 0.175 e. The van der Waals surface area contributed by atoms with Crippen molar-refractivity contribution in [1.82, 2.24) is 5.32 Å². The smallest absolute Gasteiger partial charge is 0.175 e. The number of nitrogens with one attached hydrogen (secondary N) is 1. The first-order valence-corrected chi connectivity index (χ1v) is 4.72. The Hall–Kier alpha value is -1.29. The molecule has 3 nitrogen and oxygen atoms in total. The SMILES string of the molecule is Oc1c(F)cccc1N1CCNCC1. The predicted molar refractivity (Wildman–Crippen MR) is 53.1 cm³/mol. The van der Waals surface area contributed by atoms with Crippen molar-refractivity contribution in [3.05, 3.63) is 24.0 Å². The summed E-state index contributed by atoms with van der Waals surface area (Å²) in [6.07, 6.45) is 0. The fraction of sp³-hybridized carbons (Fsp3) is 0.400. The second-order valence-electron chi connectivity index (χ2n) is 3.34. The van der Waals surface area contributed by atoms with Crippen LogP contribution in [0.2, 0.25) is 0 Å². The standard InChI is InChI=1S/C10H13FN2O/c11-8-2-1-3-9(10(8)14)13-6-4-12-5-7-13/h1-3,12,14H,4-7H2. The van der Waals surface area contributed by atoms with Crippen LogP contribution in [0.4, 0.5) is 10.1 Å². The molecule has 0 amide bonds. The molecule has 1 saturated heterocycles. The van der Waals surface area contributed by atoms with E-state index in [1.165, 1.54) is 6.07 Å². The van der Waals surface area contributed by atoms with E-state index in [1.807, 2.05) is 4.90 Å². The van der Waals surface area contributed by atoms with E-state index in [9.17, 15) is 9.50 Å². The van der Waals surface area contributed by atoms with Gasteiger partial charge in [0.2, 0.25) is 0 Å². The molecule has 4 heteroatoms. The lowest BCUT2D eigenvalue weighted by Gasteiger charge is -2.29. The Bertz CT molecular complexity index is 324. The van der Waals surface area contributed by atoms with E-state index in [4.69, 9.17) is 0 Å². The molecule has 14 heavy (non-hydrogen) atoms. The van der Waals surface area contributed by atoms with Crippen LogP contribution in [0.1, 0.15) is 0 Å². The number of para-hydroxylation sites is 1. The molecular weight excluding hydrogens is 183 g/mol. The van der Waals surface area contributed by atoms with Crippen molar-refractivity contribution in [2.24, 2.45) is 0 Å². The molecule has 0 aliphatic carbocycles. The molecule has 0 atom stereocenters. The Morgan fingerprint density at radius 3 is 2.71 bits per heavy atom. The second kappa shape index (κ2) is 3.84. The first-order chi connectivity index (χ1) is 6.79. The molecule has 0 bridgehead atoms. The first kappa shape index (κ1) is 9.27. The van der Waals surface area contributed by atoms with Crippen molar-refractivity contribution in [2.75, 3.05) is 31.1 Å². The number of halogens is 1. The zero-order chi connectivity index (χ0) is 9.97. The minimum absolute atomic E-state index is 0.241. The van der Waals surface area contributed by atoms with E-state index in [0.29, 0.717) is 5.69 Å². The number of phenolic OH excluding ortho intramolecular Hbond substituents is 1. The van der Waals surface area contributed by atoms with Crippen molar-refractivity contribution in [2.45, 2.75) is 0 Å². The second-order valence-corrected chi connectivity index (χ2v) is 3.34. The van der Waals surface area contributed by atoms with Crippen LogP contribution >= 0.6 is 0 Å². The molecule has 1 aromatic rings. The highest BCUT2D eigenvalue weighted by Gasteiger charge is 2.15. The summed E-state index contributed by atoms with van der Waals surface area (Å²) < 4.78 is 13.0. The van der Waals surface area contributed by atoms with Gasteiger partial charge in [-0.25, -0.2) is 4.39 Å². The first-order valence-electron chi connectivity index (χ1n) is 4.72. The van der Waals surface area contributed by atoms with Gasteiger partial charge in [0.1, 0.15) is 0 Å². The molecule has 0 aromatic heterocycles. The number of benzene rings is 1. The number of anilines is 1. The molecule has 2 N–H and O–H groups in total. The van der Waals surface area contributed by atoms with Gasteiger partial charge in [0.15, 0.2) is 11.6 Å². The largest absolute Gasteiger partial charge is 0.503 e. The van der Waals surface area contributed by atoms with Crippen LogP contribution in [0, 0.1) is 5.82 Å². The molecule has 1 aliphatic heterocycles. The third-order valence-corrected chi connectivity index (χ3v) is 2.42. The predicted octanol–water partition coefficient (Wildman–Crippen LogP) is 0.941. The van der Waals surface area contributed by atoms with Crippen molar-refractivity contribution >= 4 is 5.69 Å². The van der Waals surface area contributed by atoms with Crippen LogP contribution in [-0.2, 0) is 0 Å². The van der Waals surface area contributed by atoms with Crippen molar-refractivity contribution in [1.29, 1.82) is 0 Å². The summed E-state index contributed by atoms with van der Waals surface area (Å²) in [6, 6.07) is 4.62. The molecule has 1 aliphatic rings. The number of piperazine rings is 1. The number of rotatable bonds is 1. The molecule has 0 saturated carbocycles. The lowest BCUT2D eigenvalue weighted by molar-refractivity contribution is 0.429. The van der Waals surface area contributed by atoms with Gasteiger partial charge < -0.3 is 15.3 Å². The quantitative estimate of drug-likeness (QED) is 0.701. The number of hydrogen-bond donors (Lipinski definition) is 2. The van der Waals surface area contributed by atoms with Gasteiger partial charge in [0.25, 0.3) is 0 Å². The van der Waals surface area contributed by atoms with E-state index >= 15 is 0 Å². The zero-order valence-electron chi connectivity index (χ0n) is 7.83. The fourth-order valence-corrected chi connectivity index (χ4v) is 1.66. The Morgan fingerprint density at radius 2 is 2.00 bits per heavy atom. The molecule has 0 radical (unpaired) electrons. The number of nitrogens with zero attached hydrogens (tertiary/aromatic N) is 1. The van der Waals surface area contributed by atoms with Crippen LogP contribution in [-0.4, -0.2) is 31.3 Å². The summed E-state index contributed by atoms with van der Waals surface area (Å²) in [6.45, 7) is 3.35. The molecule has 2 rings (SSSR count). The number of aromatic hydroxyl groups is 1. The van der Waals surface area contributed by atoms with Gasteiger partial charge in [0, 0.05) is 26.2 Å². The van der Waals surface area contributed by atoms with E-state index in [2.05, 4.69) is 5.32 Å². The molecular formula is C10H13FN2O. The maximum absolute atomic E-state index is 13.0. The summed E-state index contributed by atoms with van der Waals surface area (Å²) in [5.74, 6) is -0.796. The van der Waals surface area contributed by atoms with Crippen LogP contribution in [0.3, 0.4) is 0 Å². The molecule has 1 aromatic carbocycles. The number of phenols is 1. The lowest BCUT2D eigenvalue weighted by Crippen LogP contribution is -2.43. The normalized spacial score (nSPS) is 17.1. The van der Waals surface area contributed by atoms with Crippen molar-refractivity contribution < 1.29 is 9.50 Å². The molecule has 0 spiro atoms. The maximum atomic E-state index is 13.0. The van der Waals surface area contributed by atoms with Crippen molar-refractivity contribution in [3.63, 3.8) is 0 Å². The molecule has 1 fully saturated rings. The van der Waals surface area contributed by atoms with Gasteiger partial charge in [0.05, 0.1) is 5.69 Å². The third kappa shape index (κ3) is 1.65. The van der Waals surface area contributed by atoms with Gasteiger partial charge >= 0.3 is 0 Å². The Balaban J connectivity index is 2.26. The van der Waals surface area contributed by atoms with Gasteiger partial charge in [-0.3, -0.25) is 0 Å². The van der Waals surface area contributed by atoms with Gasteiger partial charge in [-0.1, -0.05) is 6.07 Å². The third-order valence-electron chi connectivity index (χ3n) is 2.42. The Labute approximate surface area is 82.2 Å². The Morgan fingerprint density at radius 1 is 1.29 bits per heavy atom. The minimum atomic E-state index is -0.555. The minimum Gasteiger partial charge on any atom is -0.503 e. The van der Waals surface area contributed by atoms with E-state index in [-0.39, 0.29) is 5.75 Å². The summed E-state index contributed by atoms with van der Waals surface area (Å²) >= 11 is 0. The monoisotopic (exact) mass is 196 g/mol. The van der Waals surface area contributed by atoms with Gasteiger partial charge in [-0.05, 0) is 12.1 Å². The van der Waals surface area contributed by atoms with Gasteiger partial charge in [-0.2, -0.15) is 0 Å². The van der Waals surface area contributed by atoms with E-state index in [1.54, 1.807) is 12.1 Å². The average molecular weight is 196 g/mol. The number of hydrogen-bond acceptors (Lipinski definition) is 3. The highest BCUT2D eigenvalue weighted by Crippen LogP contribution is 2.29. The zero-order valence-corrected chi connectivity index (χ0v) is 7.83. The highest BCUT2D eigenvalue weighted by molar-refractivity contribution is 5.58. The topological polar surface area (TPSA) is 35.5 Å². The lowest BCUT2D eigenvalue weighted by atomic mass is 10.2. The van der Waals surface area contributed by atoms with Crippen molar-refractivity contribution in [3.8, 4) is 5.75 Å². The van der Waals surface area contributed by atoms with Crippen LogP contribution < -0.4 is 10.2 Å².